The molecular formula is C28H48N2O7. The van der Waals surface area contributed by atoms with E-state index in [2.05, 4.69) is 26.1 Å². The summed E-state index contributed by atoms with van der Waals surface area (Å²) in [4.78, 5) is 24.1. The molecule has 37 heavy (non-hydrogen) atoms. The zero-order valence-electron chi connectivity index (χ0n) is 23.4. The number of nitrogens with one attached hydrogen (secondary N) is 1. The molecule has 1 amide bonds. The predicted molar refractivity (Wildman–Crippen MR) is 144 cm³/mol. The molecule has 1 aromatic rings. The van der Waals surface area contributed by atoms with E-state index in [1.54, 1.807) is 20.1 Å². The summed E-state index contributed by atoms with van der Waals surface area (Å²) in [6, 6.07) is 2.79. The van der Waals surface area contributed by atoms with Crippen molar-refractivity contribution in [1.82, 2.24) is 5.32 Å². The topological polar surface area (TPSA) is 140 Å². The number of aliphatic hydroxyl groups excluding tert-OH is 1. The molecule has 1 aromatic carbocycles. The zero-order valence-corrected chi connectivity index (χ0v) is 23.4. The summed E-state index contributed by atoms with van der Waals surface area (Å²) >= 11 is 0. The van der Waals surface area contributed by atoms with Crippen LogP contribution in [-0.4, -0.2) is 68.2 Å². The van der Waals surface area contributed by atoms with Crippen LogP contribution in [0, 0.1) is 17.8 Å². The minimum atomic E-state index is -1.09. The highest BCUT2D eigenvalue weighted by Crippen LogP contribution is 2.38. The Hall–Kier alpha value is -2.36. The van der Waals surface area contributed by atoms with E-state index in [1.165, 1.54) is 13.2 Å². The lowest BCUT2D eigenvalue weighted by Crippen LogP contribution is -2.41. The van der Waals surface area contributed by atoms with Crippen molar-refractivity contribution in [3.63, 3.8) is 0 Å². The quantitative estimate of drug-likeness (QED) is 0.201. The van der Waals surface area contributed by atoms with Gasteiger partial charge in [-0.15, -0.1) is 0 Å². The highest BCUT2D eigenvalue weighted by atomic mass is 16.5. The number of aliphatic hydroxyl groups is 1. The number of carbonyl (C=O) groups is 2. The lowest BCUT2D eigenvalue weighted by molar-refractivity contribution is -0.125. The molecule has 0 aromatic heterocycles. The Morgan fingerprint density at radius 2 is 1.76 bits per heavy atom. The van der Waals surface area contributed by atoms with Gasteiger partial charge < -0.3 is 35.5 Å². The van der Waals surface area contributed by atoms with Crippen molar-refractivity contribution < 1.29 is 34.0 Å². The van der Waals surface area contributed by atoms with Crippen molar-refractivity contribution >= 4 is 11.9 Å². The Morgan fingerprint density at radius 3 is 2.32 bits per heavy atom. The molecule has 9 nitrogen and oxygen atoms in total. The molecule has 0 bridgehead atoms. The predicted octanol–water partition coefficient (Wildman–Crippen LogP) is 3.64. The second-order valence-electron chi connectivity index (χ2n) is 10.1. The van der Waals surface area contributed by atoms with Crippen molar-refractivity contribution in [1.29, 1.82) is 0 Å². The minimum absolute atomic E-state index is 0.0393. The lowest BCUT2D eigenvalue weighted by Gasteiger charge is -2.29. The molecule has 0 saturated carbocycles. The summed E-state index contributed by atoms with van der Waals surface area (Å²) in [5.74, 6) is -0.566. The van der Waals surface area contributed by atoms with Gasteiger partial charge >= 0.3 is 5.97 Å². The van der Waals surface area contributed by atoms with Gasteiger partial charge in [0.15, 0.2) is 11.5 Å². The van der Waals surface area contributed by atoms with Crippen LogP contribution in [0.15, 0.2) is 12.1 Å². The number of carbonyl (C=O) groups excluding carboxylic acids is 1. The van der Waals surface area contributed by atoms with E-state index in [9.17, 15) is 19.8 Å². The van der Waals surface area contributed by atoms with Crippen molar-refractivity contribution in [2.45, 2.75) is 78.4 Å². The number of nitrogens with two attached hydrogens (primary N) is 1. The van der Waals surface area contributed by atoms with Crippen LogP contribution in [0.1, 0.15) is 75.7 Å². The van der Waals surface area contributed by atoms with Gasteiger partial charge in [-0.1, -0.05) is 40.2 Å². The number of amides is 1. The maximum absolute atomic E-state index is 12.3. The van der Waals surface area contributed by atoms with E-state index in [-0.39, 0.29) is 35.0 Å². The number of hydrogen-bond donors (Lipinski definition) is 4. The molecule has 0 aliphatic rings. The van der Waals surface area contributed by atoms with Crippen LogP contribution in [0.3, 0.4) is 0 Å². The first-order chi connectivity index (χ1) is 17.6. The van der Waals surface area contributed by atoms with Gasteiger partial charge in [-0.3, -0.25) is 4.79 Å². The minimum Gasteiger partial charge on any atom is -0.493 e. The van der Waals surface area contributed by atoms with E-state index < -0.39 is 18.1 Å². The number of hydrogen-bond acceptors (Lipinski definition) is 7. The van der Waals surface area contributed by atoms with Crippen LogP contribution in [-0.2, 0) is 16.0 Å². The number of benzene rings is 1. The number of carboxylic acids is 1. The molecule has 0 unspecified atom stereocenters. The van der Waals surface area contributed by atoms with Crippen molar-refractivity contribution in [2.75, 3.05) is 34.0 Å². The lowest BCUT2D eigenvalue weighted by atomic mass is 9.81. The largest absolute Gasteiger partial charge is 0.493 e. The SMILES string of the molecule is CCCCNC(=O)[C@H](C)C[C@H](O)[C@@H](N)C[C@H](Cc1ccc(C(=O)O)c(OCCCOC)c1OC)C(C)C. The number of methoxy groups -OCH3 is 2. The molecule has 9 heteroatoms. The maximum atomic E-state index is 12.3. The summed E-state index contributed by atoms with van der Waals surface area (Å²) in [6.07, 6.45) is 3.13. The molecule has 1 rings (SSSR count). The average Bonchev–Trinajstić information content (AvgIpc) is 2.85. The van der Waals surface area contributed by atoms with Gasteiger partial charge in [-0.05, 0) is 49.1 Å². The first-order valence-corrected chi connectivity index (χ1v) is 13.3. The van der Waals surface area contributed by atoms with Crippen LogP contribution < -0.4 is 20.5 Å². The van der Waals surface area contributed by atoms with E-state index >= 15 is 0 Å². The summed E-state index contributed by atoms with van der Waals surface area (Å²) in [7, 11) is 3.10. The first kappa shape index (κ1) is 32.7. The van der Waals surface area contributed by atoms with Crippen molar-refractivity contribution in [3.05, 3.63) is 23.3 Å². The van der Waals surface area contributed by atoms with Gasteiger partial charge in [0.25, 0.3) is 0 Å². The first-order valence-electron chi connectivity index (χ1n) is 13.3. The standard InChI is InChI=1S/C28H48N2O7/c1-7-8-12-30-27(32)19(4)15-24(31)23(29)17-21(18(2)3)16-20-10-11-22(28(33)34)26(25(20)36-6)37-14-9-13-35-5/h10-11,18-19,21,23-24,31H,7-9,12-17,29H2,1-6H3,(H,30,32)(H,33,34)/t19-,21+,23+,24+/m1/s1. The van der Waals surface area contributed by atoms with E-state index in [0.717, 1.165) is 18.4 Å². The fourth-order valence-electron chi connectivity index (χ4n) is 4.26. The molecule has 0 aliphatic heterocycles. The van der Waals surface area contributed by atoms with E-state index in [1.807, 2.05) is 0 Å². The number of carboxylic acid groups (broad SMARTS) is 1. The highest BCUT2D eigenvalue weighted by Gasteiger charge is 2.28. The highest BCUT2D eigenvalue weighted by molar-refractivity contribution is 5.92. The van der Waals surface area contributed by atoms with Gasteiger partial charge in [0.2, 0.25) is 5.91 Å². The van der Waals surface area contributed by atoms with Gasteiger partial charge in [-0.25, -0.2) is 4.79 Å². The van der Waals surface area contributed by atoms with Crippen LogP contribution in [0.2, 0.25) is 0 Å². The molecule has 0 heterocycles. The second-order valence-corrected chi connectivity index (χ2v) is 10.1. The summed E-state index contributed by atoms with van der Waals surface area (Å²) in [5, 5.41) is 23.3. The van der Waals surface area contributed by atoms with Crippen molar-refractivity contribution in [2.24, 2.45) is 23.5 Å². The summed E-state index contributed by atoms with van der Waals surface area (Å²) in [6.45, 7) is 9.48. The maximum Gasteiger partial charge on any atom is 0.339 e. The number of unbranched alkanes of at least 4 members (excludes halogenated alkanes) is 1. The fraction of sp³-hybridized carbons (Fsp3) is 0.714. The fourth-order valence-corrected chi connectivity index (χ4v) is 4.26. The monoisotopic (exact) mass is 524 g/mol. The number of ether oxygens (including phenoxy) is 3. The molecule has 0 aliphatic carbocycles. The molecule has 0 saturated heterocycles. The Kier molecular flexibility index (Phi) is 15.2. The molecule has 0 radical (unpaired) electrons. The molecule has 212 valence electrons. The third kappa shape index (κ3) is 10.9. The Balaban J connectivity index is 2.98. The molecule has 0 fully saturated rings. The molecule has 5 N–H and O–H groups in total. The number of aromatic carboxylic acids is 1. The normalized spacial score (nSPS) is 14.6. The Bertz CT molecular complexity index is 831. The number of rotatable bonds is 19. The molecular weight excluding hydrogens is 476 g/mol. The second kappa shape index (κ2) is 17.2. The van der Waals surface area contributed by atoms with Crippen LogP contribution in [0.25, 0.3) is 0 Å². The van der Waals surface area contributed by atoms with Gasteiger partial charge in [0.05, 0.1) is 19.8 Å². The molecule has 0 spiro atoms. The zero-order chi connectivity index (χ0) is 28.0. The Labute approximate surface area is 222 Å². The van der Waals surface area contributed by atoms with E-state index in [4.69, 9.17) is 19.9 Å². The van der Waals surface area contributed by atoms with E-state index in [0.29, 0.717) is 51.2 Å². The molecule has 4 atom stereocenters. The van der Waals surface area contributed by atoms with Crippen LogP contribution in [0.4, 0.5) is 0 Å². The smallest absolute Gasteiger partial charge is 0.339 e. The van der Waals surface area contributed by atoms with Gasteiger partial charge in [0, 0.05) is 38.6 Å². The average molecular weight is 525 g/mol. The van der Waals surface area contributed by atoms with Gasteiger partial charge in [-0.2, -0.15) is 0 Å². The summed E-state index contributed by atoms with van der Waals surface area (Å²) in [5.41, 5.74) is 7.27. The third-order valence-corrected chi connectivity index (χ3v) is 6.73. The third-order valence-electron chi connectivity index (χ3n) is 6.73. The van der Waals surface area contributed by atoms with Crippen LogP contribution in [0.5, 0.6) is 11.5 Å². The Morgan fingerprint density at radius 1 is 1.05 bits per heavy atom. The summed E-state index contributed by atoms with van der Waals surface area (Å²) < 4.78 is 16.5. The van der Waals surface area contributed by atoms with Gasteiger partial charge in [0.1, 0.15) is 5.56 Å². The van der Waals surface area contributed by atoms with Crippen LogP contribution >= 0.6 is 0 Å². The van der Waals surface area contributed by atoms with Crippen molar-refractivity contribution in [3.8, 4) is 11.5 Å².